The minimum absolute atomic E-state index is 0.132. The zero-order valence-corrected chi connectivity index (χ0v) is 13.2. The van der Waals surface area contributed by atoms with E-state index >= 15 is 0 Å². The molecule has 0 bridgehead atoms. The quantitative estimate of drug-likeness (QED) is 0.443. The Hall–Kier alpha value is -2.72. The molecular formula is C13H14ClN3O7. The van der Waals surface area contributed by atoms with E-state index in [1.807, 2.05) is 0 Å². The number of nitrogens with zero attached hydrogens (tertiary/aromatic N) is 1. The summed E-state index contributed by atoms with van der Waals surface area (Å²) in [5.41, 5.74) is -0.858. The Morgan fingerprint density at radius 1 is 1.38 bits per heavy atom. The van der Waals surface area contributed by atoms with Crippen LogP contribution in [0.4, 0.5) is 5.69 Å². The summed E-state index contributed by atoms with van der Waals surface area (Å²) in [6, 6.07) is 3.73. The first-order valence-electron chi connectivity index (χ1n) is 6.51. The number of carbonyl (C=O) groups is 3. The molecule has 0 aromatic heterocycles. The topological polar surface area (TPSA) is 148 Å². The van der Waals surface area contributed by atoms with E-state index in [0.717, 1.165) is 6.07 Å². The fourth-order valence-electron chi connectivity index (χ4n) is 1.68. The lowest BCUT2D eigenvalue weighted by molar-refractivity contribution is -0.385. The number of amides is 2. The highest BCUT2D eigenvalue weighted by Gasteiger charge is 2.24. The van der Waals surface area contributed by atoms with Gasteiger partial charge >= 0.3 is 5.97 Å². The normalized spacial score (nSPS) is 11.4. The maximum atomic E-state index is 12.0. The monoisotopic (exact) mass is 359 g/mol. The third-order valence-corrected chi connectivity index (χ3v) is 3.18. The number of hydrogen-bond acceptors (Lipinski definition) is 6. The van der Waals surface area contributed by atoms with E-state index in [2.05, 4.69) is 15.4 Å². The highest BCUT2D eigenvalue weighted by atomic mass is 35.5. The number of carboxylic acid groups (broad SMARTS) is 1. The third-order valence-electron chi connectivity index (χ3n) is 2.87. The summed E-state index contributed by atoms with van der Waals surface area (Å²) in [5, 5.41) is 23.9. The molecule has 3 N–H and O–H groups in total. The number of ether oxygens (including phenoxy) is 1. The number of benzene rings is 1. The lowest BCUT2D eigenvalue weighted by Crippen LogP contribution is -2.42. The Kier molecular flexibility index (Phi) is 7.08. The van der Waals surface area contributed by atoms with Crippen molar-refractivity contribution in [1.82, 2.24) is 10.6 Å². The Morgan fingerprint density at radius 3 is 2.58 bits per heavy atom. The highest BCUT2D eigenvalue weighted by molar-refractivity contribution is 6.34. The van der Waals surface area contributed by atoms with Crippen molar-refractivity contribution in [2.45, 2.75) is 6.10 Å². The molecule has 0 radical (unpaired) electrons. The third kappa shape index (κ3) is 5.18. The largest absolute Gasteiger partial charge is 0.479 e. The molecule has 11 heteroatoms. The average molecular weight is 360 g/mol. The summed E-state index contributed by atoms with van der Waals surface area (Å²) in [4.78, 5) is 44.4. The Bertz CT molecular complexity index is 665. The molecule has 0 heterocycles. The molecule has 10 nitrogen and oxygen atoms in total. The Balaban J connectivity index is 2.66. The molecule has 0 aliphatic carbocycles. The number of rotatable bonds is 8. The van der Waals surface area contributed by atoms with Crippen molar-refractivity contribution in [3.8, 4) is 0 Å². The molecule has 0 spiro atoms. The van der Waals surface area contributed by atoms with Crippen molar-refractivity contribution < 1.29 is 29.2 Å². The SMILES string of the molecule is COC(CNC(=O)CNC(=O)c1c(Cl)cccc1[N+](=O)[O-])C(=O)O. The van der Waals surface area contributed by atoms with E-state index in [1.54, 1.807) is 0 Å². The van der Waals surface area contributed by atoms with Crippen molar-refractivity contribution in [2.24, 2.45) is 0 Å². The van der Waals surface area contributed by atoms with Crippen LogP contribution in [0.2, 0.25) is 5.02 Å². The summed E-state index contributed by atoms with van der Waals surface area (Å²) < 4.78 is 4.62. The number of nitro benzene ring substituents is 1. The molecule has 1 unspecified atom stereocenters. The summed E-state index contributed by atoms with van der Waals surface area (Å²) >= 11 is 5.79. The van der Waals surface area contributed by atoms with E-state index in [4.69, 9.17) is 16.7 Å². The second kappa shape index (κ2) is 8.79. The first kappa shape index (κ1) is 19.3. The predicted molar refractivity (Wildman–Crippen MR) is 81.9 cm³/mol. The first-order chi connectivity index (χ1) is 11.3. The van der Waals surface area contributed by atoms with Gasteiger partial charge in [-0.1, -0.05) is 17.7 Å². The number of aliphatic carboxylic acids is 1. The van der Waals surface area contributed by atoms with Crippen LogP contribution >= 0.6 is 11.6 Å². The van der Waals surface area contributed by atoms with Crippen LogP contribution in [0.1, 0.15) is 10.4 Å². The number of carbonyl (C=O) groups excluding carboxylic acids is 2. The molecule has 0 aliphatic heterocycles. The smallest absolute Gasteiger partial charge is 0.334 e. The van der Waals surface area contributed by atoms with Gasteiger partial charge in [-0.15, -0.1) is 0 Å². The van der Waals surface area contributed by atoms with Crippen molar-refractivity contribution in [3.05, 3.63) is 38.9 Å². The van der Waals surface area contributed by atoms with Gasteiger partial charge < -0.3 is 20.5 Å². The Labute approximate surface area is 140 Å². The Morgan fingerprint density at radius 2 is 2.04 bits per heavy atom. The molecule has 1 atom stereocenters. The number of carboxylic acids is 1. The number of methoxy groups -OCH3 is 1. The zero-order chi connectivity index (χ0) is 18.3. The van der Waals surface area contributed by atoms with Crippen molar-refractivity contribution in [1.29, 1.82) is 0 Å². The van der Waals surface area contributed by atoms with Gasteiger partial charge in [-0.25, -0.2) is 4.79 Å². The molecule has 1 aromatic rings. The number of nitro groups is 1. The highest BCUT2D eigenvalue weighted by Crippen LogP contribution is 2.25. The van der Waals surface area contributed by atoms with Gasteiger partial charge in [0.15, 0.2) is 6.10 Å². The molecular weight excluding hydrogens is 346 g/mol. The second-order valence-electron chi connectivity index (χ2n) is 4.44. The second-order valence-corrected chi connectivity index (χ2v) is 4.85. The van der Waals surface area contributed by atoms with Crippen LogP contribution in [0, 0.1) is 10.1 Å². The molecule has 130 valence electrons. The van der Waals surface area contributed by atoms with Crippen LogP contribution in [0.15, 0.2) is 18.2 Å². The van der Waals surface area contributed by atoms with Crippen LogP contribution in [0.25, 0.3) is 0 Å². The van der Waals surface area contributed by atoms with Crippen LogP contribution in [-0.4, -0.2) is 54.1 Å². The van der Waals surface area contributed by atoms with Gasteiger partial charge in [-0.2, -0.15) is 0 Å². The molecule has 0 saturated carbocycles. The van der Waals surface area contributed by atoms with Crippen LogP contribution < -0.4 is 10.6 Å². The van der Waals surface area contributed by atoms with Gasteiger partial charge in [-0.05, 0) is 6.07 Å². The summed E-state index contributed by atoms with van der Waals surface area (Å²) in [7, 11) is 1.17. The van der Waals surface area contributed by atoms with E-state index in [-0.39, 0.29) is 17.1 Å². The molecule has 1 rings (SSSR count). The molecule has 0 fully saturated rings. The van der Waals surface area contributed by atoms with Gasteiger partial charge in [0.05, 0.1) is 23.0 Å². The minimum atomic E-state index is -1.26. The van der Waals surface area contributed by atoms with Gasteiger partial charge in [0, 0.05) is 13.2 Å². The molecule has 24 heavy (non-hydrogen) atoms. The fraction of sp³-hybridized carbons (Fsp3) is 0.308. The zero-order valence-electron chi connectivity index (χ0n) is 12.4. The average Bonchev–Trinajstić information content (AvgIpc) is 2.52. The molecule has 2 amide bonds. The fourth-order valence-corrected chi connectivity index (χ4v) is 1.93. The maximum absolute atomic E-state index is 12.0. The van der Waals surface area contributed by atoms with Gasteiger partial charge in [0.2, 0.25) is 5.91 Å². The number of nitrogens with one attached hydrogen (secondary N) is 2. The van der Waals surface area contributed by atoms with Crippen molar-refractivity contribution >= 4 is 35.1 Å². The van der Waals surface area contributed by atoms with Crippen molar-refractivity contribution in [3.63, 3.8) is 0 Å². The minimum Gasteiger partial charge on any atom is -0.479 e. The summed E-state index contributed by atoms with van der Waals surface area (Å²) in [5.74, 6) is -2.85. The van der Waals surface area contributed by atoms with Crippen molar-refractivity contribution in [2.75, 3.05) is 20.2 Å². The summed E-state index contributed by atoms with van der Waals surface area (Å²) in [6.07, 6.45) is -1.23. The number of hydrogen-bond donors (Lipinski definition) is 3. The van der Waals surface area contributed by atoms with E-state index in [9.17, 15) is 24.5 Å². The van der Waals surface area contributed by atoms with E-state index in [0.29, 0.717) is 0 Å². The van der Waals surface area contributed by atoms with Gasteiger partial charge in [-0.3, -0.25) is 19.7 Å². The molecule has 0 aliphatic rings. The predicted octanol–water partition coefficient (Wildman–Crippen LogP) is 0.194. The van der Waals surface area contributed by atoms with E-state index in [1.165, 1.54) is 19.2 Å². The molecule has 0 saturated heterocycles. The molecule has 1 aromatic carbocycles. The lowest BCUT2D eigenvalue weighted by Gasteiger charge is -2.12. The van der Waals surface area contributed by atoms with Gasteiger partial charge in [0.1, 0.15) is 5.56 Å². The lowest BCUT2D eigenvalue weighted by atomic mass is 10.1. The van der Waals surface area contributed by atoms with Gasteiger partial charge in [0.25, 0.3) is 11.6 Å². The van der Waals surface area contributed by atoms with E-state index < -0.39 is 41.0 Å². The first-order valence-corrected chi connectivity index (χ1v) is 6.89. The standard InChI is InChI=1S/C13H14ClN3O7/c1-24-9(13(20)21)5-15-10(18)6-16-12(19)11-7(14)3-2-4-8(11)17(22)23/h2-4,9H,5-6H2,1H3,(H,15,18)(H,16,19)(H,20,21). The van der Waals surface area contributed by atoms with Crippen LogP contribution in [-0.2, 0) is 14.3 Å². The maximum Gasteiger partial charge on any atom is 0.334 e. The summed E-state index contributed by atoms with van der Waals surface area (Å²) in [6.45, 7) is -0.815. The number of halogens is 1. The van der Waals surface area contributed by atoms with Crippen LogP contribution in [0.3, 0.4) is 0 Å². The van der Waals surface area contributed by atoms with Crippen LogP contribution in [0.5, 0.6) is 0 Å².